The molecule has 9 aromatic heterocycles. The molecule has 12 aromatic rings. The van der Waals surface area contributed by atoms with Gasteiger partial charge in [-0.05, 0) is 151 Å². The van der Waals surface area contributed by atoms with E-state index in [2.05, 4.69) is 49.6 Å². The highest BCUT2D eigenvalue weighted by Crippen LogP contribution is 2.50. The van der Waals surface area contributed by atoms with Gasteiger partial charge in [0.25, 0.3) is 16.7 Å². The number of aryl methyl sites for hydroxylation is 3. The molecule has 3 aromatic carbocycles. The first kappa shape index (κ1) is 105. The first-order chi connectivity index (χ1) is 66.5. The van der Waals surface area contributed by atoms with Crippen molar-refractivity contribution in [1.82, 2.24) is 58.3 Å². The number of pyridine rings is 9. The summed E-state index contributed by atoms with van der Waals surface area (Å²) in [7, 11) is 0. The minimum absolute atomic E-state index is 0.133. The zero-order valence-corrected chi connectivity index (χ0v) is 82.5. The van der Waals surface area contributed by atoms with Crippen molar-refractivity contribution < 1.29 is 69.2 Å². The topological polar surface area (TPSA) is 346 Å². The number of carbonyl (C=O) groups is 3. The number of phenols is 3. The fourth-order valence-corrected chi connectivity index (χ4v) is 20.0. The van der Waals surface area contributed by atoms with Crippen molar-refractivity contribution in [3.8, 4) is 86.3 Å². The summed E-state index contributed by atoms with van der Waals surface area (Å²) >= 11 is 37.2. The van der Waals surface area contributed by atoms with E-state index in [1.807, 2.05) is 101 Å². The second kappa shape index (κ2) is 40.8. The molecule has 732 valence electrons. The summed E-state index contributed by atoms with van der Waals surface area (Å²) in [4.78, 5) is 119. The molecule has 0 aliphatic carbocycles. The average Bonchev–Trinajstić information content (AvgIpc) is 0.725. The van der Waals surface area contributed by atoms with Crippen LogP contribution in [0.2, 0.25) is 30.1 Å². The third-order valence-electron chi connectivity index (χ3n) is 24.8. The van der Waals surface area contributed by atoms with E-state index in [1.54, 1.807) is 87.0 Å². The molecule has 0 unspecified atom stereocenters. The van der Waals surface area contributed by atoms with Crippen molar-refractivity contribution in [2.75, 3.05) is 54.0 Å². The number of aromatic nitrogens is 9. The molecule has 27 nitrogen and oxygen atoms in total. The molecule has 3 aliphatic heterocycles. The van der Waals surface area contributed by atoms with Gasteiger partial charge >= 0.3 is 0 Å². The number of hydrogen-bond acceptors (Lipinski definition) is 21. The number of phenolic OH excluding ortho intramolecular Hbond substituents is 3. The van der Waals surface area contributed by atoms with Gasteiger partial charge in [-0.25, -0.2) is 41.3 Å². The number of aromatic hydroxyl groups is 3. The summed E-state index contributed by atoms with van der Waals surface area (Å²) < 4.78 is 137. The molecule has 0 radical (unpaired) electrons. The third-order valence-corrected chi connectivity index (χ3v) is 26.6. The fraction of sp³-hybridized carbons (Fsp3) is 0.303. The lowest BCUT2D eigenvalue weighted by atomic mass is 10.0. The monoisotopic (exact) mass is 2050 g/mol. The van der Waals surface area contributed by atoms with Gasteiger partial charge in [-0.3, -0.25) is 57.4 Å². The number of halogens is 15. The molecular weight excluding hydrogens is 1970 g/mol. The molecule has 0 bridgehead atoms. The normalized spacial score (nSPS) is 16.6. The number of rotatable bonds is 15. The predicted octanol–water partition coefficient (Wildman–Crippen LogP) is 20.4. The third kappa shape index (κ3) is 18.1. The van der Waals surface area contributed by atoms with Crippen molar-refractivity contribution >= 4 is 137 Å². The summed E-state index contributed by atoms with van der Waals surface area (Å²) in [6, 6.07) is 12.8. The molecule has 3 aliphatic rings. The molecule has 3 amide bonds. The number of benzene rings is 3. The van der Waals surface area contributed by atoms with Crippen molar-refractivity contribution in [3.05, 3.63) is 257 Å². The standard InChI is InChI=1S/3C33H29Cl2F3N6O3/c3*1-7-21(45)43-16(5)12-42(13-17(43)6)30-18-10-20(34)28(22-24(36)23(35)25(37)26(38)31(22)46)41-32(18)44(33(47)19(30)11-39)29-15(4)8-9-40-27(29)14(2)3/h3*7-10,14,16-17,46H,1,12-13H2,2-6H3/t3*16-,17+. The number of amides is 3. The average molecular weight is 2060 g/mol. The Labute approximate surface area is 830 Å². The number of carbonyl (C=O) groups excluding carboxylic acids is 3. The van der Waals surface area contributed by atoms with E-state index in [4.69, 9.17) is 69.6 Å². The molecule has 141 heavy (non-hydrogen) atoms. The van der Waals surface area contributed by atoms with Crippen molar-refractivity contribution in [3.63, 3.8) is 0 Å². The largest absolute Gasteiger partial charge is 0.504 e. The van der Waals surface area contributed by atoms with Gasteiger partial charge in [0.2, 0.25) is 35.2 Å². The van der Waals surface area contributed by atoms with Gasteiger partial charge in [-0.2, -0.15) is 29.0 Å². The van der Waals surface area contributed by atoms with Crippen LogP contribution in [-0.4, -0.2) is 167 Å². The highest BCUT2D eigenvalue weighted by atomic mass is 35.5. The number of hydrogen-bond donors (Lipinski definition) is 3. The number of fused-ring (bicyclic) bond motifs is 3. The Morgan fingerprint density at radius 2 is 0.596 bits per heavy atom. The summed E-state index contributed by atoms with van der Waals surface area (Å²) in [5, 5.41) is 58.9. The van der Waals surface area contributed by atoms with Crippen molar-refractivity contribution in [2.24, 2.45) is 0 Å². The fourth-order valence-electron chi connectivity index (χ4n) is 18.7. The van der Waals surface area contributed by atoms with E-state index in [-0.39, 0.29) is 193 Å². The summed E-state index contributed by atoms with van der Waals surface area (Å²) in [6.45, 7) is 39.2. The number of nitrogens with zero attached hydrogens (tertiary/aromatic N) is 18. The maximum Gasteiger partial charge on any atom is 0.276 e. The number of piperazine rings is 3. The van der Waals surface area contributed by atoms with Gasteiger partial charge in [-0.1, -0.05) is 131 Å². The van der Waals surface area contributed by atoms with Crippen LogP contribution in [-0.2, 0) is 14.4 Å². The molecule has 6 atom stereocenters. The molecule has 15 rings (SSSR count). The molecule has 42 heteroatoms. The van der Waals surface area contributed by atoms with Crippen molar-refractivity contribution in [2.45, 2.75) is 158 Å². The van der Waals surface area contributed by atoms with Gasteiger partial charge in [0.05, 0.1) is 100 Å². The molecule has 0 saturated carbocycles. The minimum Gasteiger partial charge on any atom is -0.504 e. The Morgan fingerprint density at radius 1 is 0.383 bits per heavy atom. The van der Waals surface area contributed by atoms with Gasteiger partial charge in [0, 0.05) is 110 Å². The number of nitriles is 3. The van der Waals surface area contributed by atoms with E-state index >= 15 is 13.2 Å². The molecule has 3 fully saturated rings. The maximum absolute atomic E-state index is 15.4. The zero-order valence-electron chi connectivity index (χ0n) is 78.0. The lowest BCUT2D eigenvalue weighted by Gasteiger charge is -2.45. The van der Waals surface area contributed by atoms with E-state index in [0.29, 0.717) is 50.8 Å². The Bertz CT molecular complexity index is 6870. The van der Waals surface area contributed by atoms with E-state index in [9.17, 15) is 86.2 Å². The van der Waals surface area contributed by atoms with Gasteiger partial charge in [0.15, 0.2) is 52.2 Å². The highest BCUT2D eigenvalue weighted by molar-refractivity contribution is 6.36. The van der Waals surface area contributed by atoms with E-state index < -0.39 is 135 Å². The zero-order chi connectivity index (χ0) is 104. The highest BCUT2D eigenvalue weighted by Gasteiger charge is 2.43. The van der Waals surface area contributed by atoms with Crippen LogP contribution in [0, 0.1) is 107 Å². The van der Waals surface area contributed by atoms with Crippen LogP contribution in [0.5, 0.6) is 17.2 Å². The molecule has 0 spiro atoms. The Balaban J connectivity index is 0.000000178. The van der Waals surface area contributed by atoms with E-state index in [1.165, 1.54) is 36.4 Å². The first-order valence-electron chi connectivity index (χ1n) is 43.7. The number of anilines is 3. The second-order valence-electron chi connectivity index (χ2n) is 35.1. The van der Waals surface area contributed by atoms with Crippen LogP contribution < -0.4 is 31.4 Å². The lowest BCUT2D eigenvalue weighted by molar-refractivity contribution is -0.131. The molecule has 3 N–H and O–H groups in total. The van der Waals surface area contributed by atoms with E-state index in [0.717, 1.165) is 13.7 Å². The first-order valence-corrected chi connectivity index (χ1v) is 45.9. The summed E-state index contributed by atoms with van der Waals surface area (Å²) in [5.41, 5.74) is -3.28. The van der Waals surface area contributed by atoms with Gasteiger partial charge < -0.3 is 44.7 Å². The minimum atomic E-state index is -1.82. The van der Waals surface area contributed by atoms with Crippen molar-refractivity contribution in [1.29, 1.82) is 15.8 Å². The molecular formula is C99H87Cl6F9N18O9. The molecule has 12 heterocycles. The summed E-state index contributed by atoms with van der Waals surface area (Å²) in [5.74, 6) is -21.2. The van der Waals surface area contributed by atoms with Gasteiger partial charge in [-0.15, -0.1) is 0 Å². The Morgan fingerprint density at radius 3 is 0.787 bits per heavy atom. The van der Waals surface area contributed by atoms with Gasteiger partial charge in [0.1, 0.15) is 66.9 Å². The smallest absolute Gasteiger partial charge is 0.276 e. The second-order valence-corrected chi connectivity index (χ2v) is 37.5. The lowest BCUT2D eigenvalue weighted by Crippen LogP contribution is -2.58. The SMILES string of the molecule is C=CC(=O)N1[C@H](C)CN(c2c(C#N)c(=O)n(-c3c(C)ccnc3C(C)C)c3nc(-c4c(O)c(F)c(F)c(Cl)c4F)c(Cl)cc23)C[C@@H]1C.C=CC(=O)N1[C@H](C)CN(c2c(C#N)c(=O)n(-c3c(C)ccnc3C(C)C)c3nc(-c4c(O)c(F)c(F)c(Cl)c4F)c(Cl)cc23)C[C@@H]1C.C=CC(=O)N1[C@H](C)CN(c2c(C#N)c(=O)n(-c3c(C)ccnc3C(C)C)c3nc(-c4c(O)c(F)c(F)c(Cl)c4F)c(Cl)cc23)C[C@@H]1C. The Kier molecular flexibility index (Phi) is 30.3. The van der Waals surface area contributed by atoms with Crippen LogP contribution in [0.1, 0.15) is 151 Å². The summed E-state index contributed by atoms with van der Waals surface area (Å²) in [6.07, 6.45) is 8.35. The predicted molar refractivity (Wildman–Crippen MR) is 522 cm³/mol. The Hall–Kier alpha value is -13.8. The maximum atomic E-state index is 15.4. The quantitative estimate of drug-likeness (QED) is 0.0371. The van der Waals surface area contributed by atoms with Crippen LogP contribution >= 0.6 is 69.6 Å². The van der Waals surface area contributed by atoms with Crippen LogP contribution in [0.15, 0.2) is 107 Å². The van der Waals surface area contributed by atoms with Crippen LogP contribution in [0.4, 0.5) is 56.6 Å². The van der Waals surface area contributed by atoms with Crippen LogP contribution in [0.3, 0.4) is 0 Å². The van der Waals surface area contributed by atoms with Crippen LogP contribution in [0.25, 0.3) is 83.9 Å². The molecule has 3 saturated heterocycles.